The van der Waals surface area contributed by atoms with Crippen LogP contribution in [0.25, 0.3) is 0 Å². The monoisotopic (exact) mass is 243 g/mol. The molecule has 1 aromatic heterocycles. The summed E-state index contributed by atoms with van der Waals surface area (Å²) in [4.78, 5) is 4.48. The quantitative estimate of drug-likeness (QED) is 0.875. The number of hydrogen-bond acceptors (Lipinski definition) is 2. The van der Waals surface area contributed by atoms with Gasteiger partial charge in [0.1, 0.15) is 0 Å². The predicted molar refractivity (Wildman–Crippen MR) is 74.5 cm³/mol. The zero-order valence-electron chi connectivity index (χ0n) is 11.3. The molecule has 0 aliphatic rings. The van der Waals surface area contributed by atoms with Gasteiger partial charge in [0.2, 0.25) is 0 Å². The highest BCUT2D eigenvalue weighted by atomic mass is 15.0. The molecule has 18 heavy (non-hydrogen) atoms. The number of aromatic nitrogens is 2. The summed E-state index contributed by atoms with van der Waals surface area (Å²) in [5, 5.41) is 3.41. The molecule has 1 aromatic carbocycles. The molecule has 0 fully saturated rings. The van der Waals surface area contributed by atoms with E-state index in [-0.39, 0.29) is 6.04 Å². The molecule has 0 saturated carbocycles. The second-order valence-electron chi connectivity index (χ2n) is 4.66. The van der Waals surface area contributed by atoms with E-state index in [0.29, 0.717) is 5.92 Å². The van der Waals surface area contributed by atoms with Crippen LogP contribution in [0.1, 0.15) is 36.6 Å². The lowest BCUT2D eigenvalue weighted by Crippen LogP contribution is -2.24. The zero-order valence-corrected chi connectivity index (χ0v) is 11.3. The molecule has 2 aromatic rings. The van der Waals surface area contributed by atoms with Gasteiger partial charge in [-0.05, 0) is 19.0 Å². The second-order valence-corrected chi connectivity index (χ2v) is 4.66. The van der Waals surface area contributed by atoms with Crippen molar-refractivity contribution in [3.63, 3.8) is 0 Å². The fourth-order valence-corrected chi connectivity index (χ4v) is 2.51. The zero-order chi connectivity index (χ0) is 13.0. The van der Waals surface area contributed by atoms with Crippen LogP contribution in [0.4, 0.5) is 0 Å². The molecule has 0 spiro atoms. The highest BCUT2D eigenvalue weighted by Gasteiger charge is 2.23. The Hall–Kier alpha value is -1.61. The van der Waals surface area contributed by atoms with Crippen LogP contribution in [0.2, 0.25) is 0 Å². The van der Waals surface area contributed by atoms with E-state index in [1.165, 1.54) is 5.56 Å². The summed E-state index contributed by atoms with van der Waals surface area (Å²) in [6, 6.07) is 10.9. The molecule has 0 aliphatic heterocycles. The van der Waals surface area contributed by atoms with Crippen molar-refractivity contribution < 1.29 is 0 Å². The molecule has 2 rings (SSSR count). The molecular formula is C15H21N3. The molecule has 3 nitrogen and oxygen atoms in total. The molecule has 1 N–H and O–H groups in total. The van der Waals surface area contributed by atoms with Gasteiger partial charge in [0, 0.05) is 19.2 Å². The molecule has 0 amide bonds. The average Bonchev–Trinajstić information content (AvgIpc) is 2.83. The Bertz CT molecular complexity index is 475. The van der Waals surface area contributed by atoms with Crippen LogP contribution < -0.4 is 5.32 Å². The van der Waals surface area contributed by atoms with Gasteiger partial charge in [-0.25, -0.2) is 4.98 Å². The van der Waals surface area contributed by atoms with E-state index in [1.54, 1.807) is 0 Å². The van der Waals surface area contributed by atoms with Gasteiger partial charge in [0.05, 0.1) is 18.1 Å². The largest absolute Gasteiger partial charge is 0.340 e. The van der Waals surface area contributed by atoms with Crippen molar-refractivity contribution in [2.75, 3.05) is 7.05 Å². The third-order valence-corrected chi connectivity index (χ3v) is 3.42. The Balaban J connectivity index is 2.30. The van der Waals surface area contributed by atoms with E-state index < -0.39 is 0 Å². The van der Waals surface area contributed by atoms with Crippen molar-refractivity contribution >= 4 is 0 Å². The first-order valence-electron chi connectivity index (χ1n) is 6.46. The van der Waals surface area contributed by atoms with Gasteiger partial charge in [0.15, 0.2) is 0 Å². The van der Waals surface area contributed by atoms with Crippen molar-refractivity contribution in [1.29, 1.82) is 0 Å². The van der Waals surface area contributed by atoms with Crippen LogP contribution in [-0.2, 0) is 7.05 Å². The molecule has 3 heteroatoms. The molecular weight excluding hydrogens is 222 g/mol. The number of aryl methyl sites for hydroxylation is 1. The van der Waals surface area contributed by atoms with Gasteiger partial charge >= 0.3 is 0 Å². The maximum Gasteiger partial charge on any atom is 0.0947 e. The lowest BCUT2D eigenvalue weighted by atomic mass is 9.87. The molecule has 0 saturated heterocycles. The van der Waals surface area contributed by atoms with Crippen molar-refractivity contribution in [2.24, 2.45) is 7.05 Å². The van der Waals surface area contributed by atoms with Gasteiger partial charge < -0.3 is 9.88 Å². The van der Waals surface area contributed by atoms with Crippen molar-refractivity contribution in [3.05, 3.63) is 54.1 Å². The first-order valence-corrected chi connectivity index (χ1v) is 6.46. The fraction of sp³-hybridized carbons (Fsp3) is 0.400. The molecule has 2 atom stereocenters. The SMILES string of the molecule is CCC(c1ccccc1)C(NC)c1cn(C)cn1. The molecule has 0 radical (unpaired) electrons. The van der Waals surface area contributed by atoms with E-state index >= 15 is 0 Å². The van der Waals surface area contributed by atoms with Crippen LogP contribution in [0.3, 0.4) is 0 Å². The summed E-state index contributed by atoms with van der Waals surface area (Å²) in [5.74, 6) is 0.450. The fourth-order valence-electron chi connectivity index (χ4n) is 2.51. The summed E-state index contributed by atoms with van der Waals surface area (Å²) < 4.78 is 2.00. The number of likely N-dealkylation sites (N-methyl/N-ethyl adjacent to an activating group) is 1. The molecule has 1 heterocycles. The Morgan fingerprint density at radius 2 is 2.00 bits per heavy atom. The minimum atomic E-state index is 0.263. The average molecular weight is 243 g/mol. The maximum absolute atomic E-state index is 4.48. The number of nitrogens with one attached hydrogen (secondary N) is 1. The van der Waals surface area contributed by atoms with Crippen LogP contribution in [0, 0.1) is 0 Å². The van der Waals surface area contributed by atoms with Gasteiger partial charge in [-0.1, -0.05) is 37.3 Å². The highest BCUT2D eigenvalue weighted by Crippen LogP contribution is 2.32. The lowest BCUT2D eigenvalue weighted by Gasteiger charge is -2.25. The number of rotatable bonds is 5. The highest BCUT2D eigenvalue weighted by molar-refractivity contribution is 5.24. The third kappa shape index (κ3) is 2.62. The predicted octanol–water partition coefficient (Wildman–Crippen LogP) is 2.87. The molecule has 0 aliphatic carbocycles. The standard InChI is InChI=1S/C15H21N3/c1-4-13(12-8-6-5-7-9-12)15(16-2)14-10-18(3)11-17-14/h5-11,13,15-16H,4H2,1-3H3. The van der Waals surface area contributed by atoms with Gasteiger partial charge in [-0.3, -0.25) is 0 Å². The first-order chi connectivity index (χ1) is 8.76. The topological polar surface area (TPSA) is 29.9 Å². The number of benzene rings is 1. The molecule has 0 bridgehead atoms. The number of hydrogen-bond donors (Lipinski definition) is 1. The third-order valence-electron chi connectivity index (χ3n) is 3.42. The Kier molecular flexibility index (Phi) is 4.15. The van der Waals surface area contributed by atoms with Gasteiger partial charge in [-0.2, -0.15) is 0 Å². The number of nitrogens with zero attached hydrogens (tertiary/aromatic N) is 2. The molecule has 2 unspecified atom stereocenters. The summed E-state index contributed by atoms with van der Waals surface area (Å²) in [5.41, 5.74) is 2.47. The van der Waals surface area contributed by atoms with Crippen molar-refractivity contribution in [2.45, 2.75) is 25.3 Å². The normalized spacial score (nSPS) is 14.4. The smallest absolute Gasteiger partial charge is 0.0947 e. The maximum atomic E-state index is 4.48. The van der Waals surface area contributed by atoms with E-state index in [9.17, 15) is 0 Å². The van der Waals surface area contributed by atoms with Gasteiger partial charge in [-0.15, -0.1) is 0 Å². The second kappa shape index (κ2) is 5.83. The minimum Gasteiger partial charge on any atom is -0.340 e. The van der Waals surface area contributed by atoms with Crippen molar-refractivity contribution in [1.82, 2.24) is 14.9 Å². The lowest BCUT2D eigenvalue weighted by molar-refractivity contribution is 0.459. The number of imidazole rings is 1. The molecule has 96 valence electrons. The summed E-state index contributed by atoms with van der Waals surface area (Å²) in [6.07, 6.45) is 5.04. The Morgan fingerprint density at radius 3 is 2.50 bits per heavy atom. The van der Waals surface area contributed by atoms with Crippen LogP contribution >= 0.6 is 0 Å². The van der Waals surface area contributed by atoms with E-state index in [4.69, 9.17) is 0 Å². The Labute approximate surface area is 109 Å². The summed E-state index contributed by atoms with van der Waals surface area (Å²) >= 11 is 0. The van der Waals surface area contributed by atoms with E-state index in [2.05, 4.69) is 53.8 Å². The first kappa shape index (κ1) is 12.8. The summed E-state index contributed by atoms with van der Waals surface area (Å²) in [7, 11) is 4.01. The van der Waals surface area contributed by atoms with E-state index in [1.807, 2.05) is 25.0 Å². The minimum absolute atomic E-state index is 0.263. The van der Waals surface area contributed by atoms with Crippen LogP contribution in [0.5, 0.6) is 0 Å². The van der Waals surface area contributed by atoms with Crippen molar-refractivity contribution in [3.8, 4) is 0 Å². The van der Waals surface area contributed by atoms with Crippen LogP contribution in [-0.4, -0.2) is 16.6 Å². The Morgan fingerprint density at radius 1 is 1.28 bits per heavy atom. The van der Waals surface area contributed by atoms with E-state index in [0.717, 1.165) is 12.1 Å². The summed E-state index contributed by atoms with van der Waals surface area (Å²) in [6.45, 7) is 2.23. The van der Waals surface area contributed by atoms with Crippen LogP contribution in [0.15, 0.2) is 42.9 Å². The van der Waals surface area contributed by atoms with Gasteiger partial charge in [0.25, 0.3) is 0 Å².